The lowest BCUT2D eigenvalue weighted by Crippen LogP contribution is -2.59. The average Bonchev–Trinajstić information content (AvgIpc) is 2.52. The van der Waals surface area contributed by atoms with Crippen molar-refractivity contribution >= 4 is 25.5 Å². The van der Waals surface area contributed by atoms with Crippen LogP contribution in [0.2, 0.25) is 0 Å². The van der Waals surface area contributed by atoms with Gasteiger partial charge in [-0.3, -0.25) is 19.4 Å². The summed E-state index contributed by atoms with van der Waals surface area (Å²) in [5.74, 6) is -2.55. The van der Waals surface area contributed by atoms with Gasteiger partial charge in [0, 0.05) is 19.4 Å². The Balaban J connectivity index is 2.07. The van der Waals surface area contributed by atoms with Gasteiger partial charge in [0.15, 0.2) is 0 Å². The standard InChI is InChI=1S/C16H18NO8P/c1-8(18)17-7-10-5-9-6-11(25-26(21,22)23)3-4-12(9)13(15(10)19)14(17)16(20)24-2/h3-4,6,10,13-14H,5,7H2,1-2H3,(H2,21,22,23)/t10-,13+,14-/m0/s1. The lowest BCUT2D eigenvalue weighted by atomic mass is 9.69. The number of methoxy groups -OCH3 is 1. The summed E-state index contributed by atoms with van der Waals surface area (Å²) < 4.78 is 20.4. The fraction of sp³-hybridized carbons (Fsp3) is 0.438. The van der Waals surface area contributed by atoms with Gasteiger partial charge in [-0.25, -0.2) is 9.36 Å². The zero-order valence-corrected chi connectivity index (χ0v) is 15.0. The van der Waals surface area contributed by atoms with Gasteiger partial charge in [0.2, 0.25) is 5.91 Å². The lowest BCUT2D eigenvalue weighted by molar-refractivity contribution is -0.160. The molecule has 0 saturated carbocycles. The Kier molecular flexibility index (Phi) is 4.64. The number of amides is 1. The second-order valence-corrected chi connectivity index (χ2v) is 7.53. The number of nitrogens with zero attached hydrogens (tertiary/aromatic N) is 1. The van der Waals surface area contributed by atoms with Crippen LogP contribution in [0.15, 0.2) is 18.2 Å². The Morgan fingerprint density at radius 3 is 2.58 bits per heavy atom. The number of ketones is 1. The minimum absolute atomic E-state index is 0.0254. The lowest BCUT2D eigenvalue weighted by Gasteiger charge is -2.45. The Hall–Kier alpha value is -2.22. The third-order valence-electron chi connectivity index (χ3n) is 4.76. The summed E-state index contributed by atoms with van der Waals surface area (Å²) >= 11 is 0. The van der Waals surface area contributed by atoms with E-state index < -0.39 is 31.7 Å². The minimum atomic E-state index is -4.71. The maximum atomic E-state index is 12.8. The van der Waals surface area contributed by atoms with E-state index >= 15 is 0 Å². The summed E-state index contributed by atoms with van der Waals surface area (Å²) in [5.41, 5.74) is 1.19. The SMILES string of the molecule is COC(=O)[C@@H]1[C@@H]2C(=O)[C@@H](Cc3cc(OP(=O)(O)O)ccc32)CN1C(C)=O. The van der Waals surface area contributed by atoms with E-state index in [9.17, 15) is 18.9 Å². The zero-order valence-electron chi connectivity index (χ0n) is 14.1. The van der Waals surface area contributed by atoms with E-state index in [1.54, 1.807) is 0 Å². The number of piperidine rings is 1. The number of Topliss-reactive ketones (excluding diaryl/α,β-unsaturated/α-hetero) is 1. The Labute approximate surface area is 149 Å². The van der Waals surface area contributed by atoms with Gasteiger partial charge in [-0.1, -0.05) is 6.07 Å². The van der Waals surface area contributed by atoms with Crippen LogP contribution in [0.3, 0.4) is 0 Å². The van der Waals surface area contributed by atoms with E-state index in [0.717, 1.165) is 0 Å². The van der Waals surface area contributed by atoms with Gasteiger partial charge in [0.25, 0.3) is 0 Å². The fourth-order valence-corrected chi connectivity index (χ4v) is 4.14. The summed E-state index contributed by atoms with van der Waals surface area (Å²) in [6.07, 6.45) is 0.292. The normalized spacial score (nSPS) is 24.7. The predicted octanol–water partition coefficient (Wildman–Crippen LogP) is 0.387. The molecule has 0 unspecified atom stereocenters. The highest BCUT2D eigenvalue weighted by molar-refractivity contribution is 7.46. The van der Waals surface area contributed by atoms with Crippen LogP contribution in [0.25, 0.3) is 0 Å². The number of phosphoric ester groups is 1. The summed E-state index contributed by atoms with van der Waals surface area (Å²) in [7, 11) is -3.52. The highest BCUT2D eigenvalue weighted by atomic mass is 31.2. The number of likely N-dealkylation sites (tertiary alicyclic amines) is 1. The third-order valence-corrected chi connectivity index (χ3v) is 5.21. The number of hydrogen-bond acceptors (Lipinski definition) is 6. The molecule has 140 valence electrons. The Bertz CT molecular complexity index is 832. The van der Waals surface area contributed by atoms with Crippen LogP contribution in [0, 0.1) is 5.92 Å². The smallest absolute Gasteiger partial charge is 0.467 e. The maximum absolute atomic E-state index is 12.8. The third kappa shape index (κ3) is 3.25. The molecule has 10 heteroatoms. The molecule has 1 aromatic carbocycles. The van der Waals surface area contributed by atoms with E-state index in [4.69, 9.17) is 14.5 Å². The fourth-order valence-electron chi connectivity index (χ4n) is 3.75. The highest BCUT2D eigenvalue weighted by Gasteiger charge is 2.51. The van der Waals surface area contributed by atoms with Gasteiger partial charge >= 0.3 is 13.8 Å². The molecule has 1 aromatic rings. The van der Waals surface area contributed by atoms with Crippen LogP contribution < -0.4 is 4.52 Å². The van der Waals surface area contributed by atoms with Crippen molar-refractivity contribution in [2.24, 2.45) is 5.92 Å². The molecule has 1 heterocycles. The molecule has 2 bridgehead atoms. The zero-order chi connectivity index (χ0) is 19.2. The van der Waals surface area contributed by atoms with Crippen LogP contribution in [0.4, 0.5) is 0 Å². The second-order valence-electron chi connectivity index (χ2n) is 6.36. The number of carbonyl (C=O) groups excluding carboxylic acids is 3. The molecular weight excluding hydrogens is 365 g/mol. The molecule has 2 N–H and O–H groups in total. The van der Waals surface area contributed by atoms with Crippen molar-refractivity contribution in [3.8, 4) is 5.75 Å². The number of ether oxygens (including phenoxy) is 1. The number of fused-ring (bicyclic) bond motifs is 4. The Morgan fingerprint density at radius 1 is 1.31 bits per heavy atom. The van der Waals surface area contributed by atoms with Gasteiger partial charge in [0.05, 0.1) is 13.0 Å². The van der Waals surface area contributed by atoms with Gasteiger partial charge in [-0.2, -0.15) is 0 Å². The van der Waals surface area contributed by atoms with E-state index in [1.807, 2.05) is 0 Å². The first-order chi connectivity index (χ1) is 12.1. The second kappa shape index (κ2) is 6.50. The van der Waals surface area contributed by atoms with Crippen molar-refractivity contribution in [1.82, 2.24) is 4.90 Å². The molecule has 1 amide bonds. The first-order valence-electron chi connectivity index (χ1n) is 7.89. The summed E-state index contributed by atoms with van der Waals surface area (Å²) in [6, 6.07) is 3.22. The first-order valence-corrected chi connectivity index (χ1v) is 9.42. The molecule has 26 heavy (non-hydrogen) atoms. The molecule has 9 nitrogen and oxygen atoms in total. The van der Waals surface area contributed by atoms with Crippen molar-refractivity contribution in [3.63, 3.8) is 0 Å². The molecule has 1 aliphatic heterocycles. The molecule has 3 atom stereocenters. The molecule has 0 radical (unpaired) electrons. The van der Waals surface area contributed by atoms with Crippen molar-refractivity contribution < 1.29 is 38.0 Å². The van der Waals surface area contributed by atoms with E-state index in [2.05, 4.69) is 4.52 Å². The molecule has 1 fully saturated rings. The summed E-state index contributed by atoms with van der Waals surface area (Å²) in [5, 5.41) is 0. The van der Waals surface area contributed by atoms with Crippen molar-refractivity contribution in [2.75, 3.05) is 13.7 Å². The predicted molar refractivity (Wildman–Crippen MR) is 87.2 cm³/mol. The molecule has 2 aliphatic rings. The number of esters is 1. The monoisotopic (exact) mass is 383 g/mol. The van der Waals surface area contributed by atoms with Crippen LogP contribution in [0.1, 0.15) is 24.0 Å². The topological polar surface area (TPSA) is 130 Å². The van der Waals surface area contributed by atoms with Gasteiger partial charge < -0.3 is 14.2 Å². The quantitative estimate of drug-likeness (QED) is 0.566. The van der Waals surface area contributed by atoms with Crippen molar-refractivity contribution in [3.05, 3.63) is 29.3 Å². The molecule has 1 aliphatic carbocycles. The van der Waals surface area contributed by atoms with Gasteiger partial charge in [0.1, 0.15) is 17.6 Å². The number of benzene rings is 1. The number of phosphoric acid groups is 1. The molecule has 0 aromatic heterocycles. The number of rotatable bonds is 3. The van der Waals surface area contributed by atoms with E-state index in [0.29, 0.717) is 17.5 Å². The van der Waals surface area contributed by atoms with Crippen LogP contribution in [0.5, 0.6) is 5.75 Å². The molecule has 3 rings (SSSR count). The van der Waals surface area contributed by atoms with E-state index in [-0.39, 0.29) is 24.0 Å². The average molecular weight is 383 g/mol. The number of hydrogen-bond donors (Lipinski definition) is 2. The highest BCUT2D eigenvalue weighted by Crippen LogP contribution is 2.44. The van der Waals surface area contributed by atoms with Crippen molar-refractivity contribution in [1.29, 1.82) is 0 Å². The summed E-state index contributed by atoms with van der Waals surface area (Å²) in [6.45, 7) is 1.42. The molecular formula is C16H18NO8P. The van der Waals surface area contributed by atoms with Crippen molar-refractivity contribution in [2.45, 2.75) is 25.3 Å². The number of carbonyl (C=O) groups is 3. The molecule has 0 spiro atoms. The van der Waals surface area contributed by atoms with Gasteiger partial charge in [-0.05, 0) is 29.7 Å². The Morgan fingerprint density at radius 2 is 2.00 bits per heavy atom. The molecule has 1 saturated heterocycles. The summed E-state index contributed by atoms with van der Waals surface area (Å²) in [4.78, 5) is 56.3. The minimum Gasteiger partial charge on any atom is -0.467 e. The largest absolute Gasteiger partial charge is 0.524 e. The van der Waals surface area contributed by atoms with Crippen LogP contribution in [-0.2, 0) is 30.1 Å². The van der Waals surface area contributed by atoms with E-state index in [1.165, 1.54) is 37.1 Å². The van der Waals surface area contributed by atoms with Gasteiger partial charge in [-0.15, -0.1) is 0 Å². The first kappa shape index (κ1) is 18.6. The van der Waals surface area contributed by atoms with Crippen LogP contribution >= 0.6 is 7.82 Å². The van der Waals surface area contributed by atoms with Crippen LogP contribution in [-0.4, -0.2) is 52.0 Å². The maximum Gasteiger partial charge on any atom is 0.524 e.